The van der Waals surface area contributed by atoms with E-state index in [9.17, 15) is 13.2 Å². The van der Waals surface area contributed by atoms with Gasteiger partial charge in [-0.15, -0.1) is 0 Å². The number of hydrogen-bond donors (Lipinski definition) is 1. The first-order chi connectivity index (χ1) is 6.18. The average molecular weight is 222 g/mol. The van der Waals surface area contributed by atoms with Crippen molar-refractivity contribution in [2.24, 2.45) is 11.8 Å². The predicted molar refractivity (Wildman–Crippen MR) is 54.9 cm³/mol. The van der Waals surface area contributed by atoms with Gasteiger partial charge in [-0.2, -0.15) is 0 Å². The fourth-order valence-electron chi connectivity index (χ4n) is 0.986. The monoisotopic (exact) mass is 222 g/mol. The van der Waals surface area contributed by atoms with Crippen molar-refractivity contribution in [3.63, 3.8) is 0 Å². The fraction of sp³-hybridized carbons (Fsp3) is 0.889. The number of sulfone groups is 1. The molecular weight excluding hydrogens is 204 g/mol. The standard InChI is InChI=1S/C9H18O4S/c1-6(2)8(4)14(12,13)5-7(3)9(10)11/h6-8H,5H2,1-4H3,(H,10,11). The zero-order chi connectivity index (χ0) is 11.5. The number of rotatable bonds is 5. The van der Waals surface area contributed by atoms with Crippen molar-refractivity contribution in [2.75, 3.05) is 5.75 Å². The van der Waals surface area contributed by atoms with Crippen LogP contribution in [0.3, 0.4) is 0 Å². The maximum Gasteiger partial charge on any atom is 0.307 e. The number of carboxylic acids is 1. The molecule has 0 aliphatic rings. The summed E-state index contributed by atoms with van der Waals surface area (Å²) in [5, 5.41) is 8.12. The predicted octanol–water partition coefficient (Wildman–Crippen LogP) is 1.17. The van der Waals surface area contributed by atoms with Crippen LogP contribution in [0.2, 0.25) is 0 Å². The average Bonchev–Trinajstić information content (AvgIpc) is 2.01. The molecule has 0 radical (unpaired) electrons. The molecule has 0 amide bonds. The molecule has 0 fully saturated rings. The van der Waals surface area contributed by atoms with Crippen molar-refractivity contribution in [1.82, 2.24) is 0 Å². The zero-order valence-electron chi connectivity index (χ0n) is 9.02. The first kappa shape index (κ1) is 13.4. The second-order valence-corrected chi connectivity index (χ2v) is 6.42. The minimum absolute atomic E-state index is 0.0148. The van der Waals surface area contributed by atoms with Gasteiger partial charge in [0.1, 0.15) is 0 Å². The van der Waals surface area contributed by atoms with E-state index in [-0.39, 0.29) is 11.7 Å². The first-order valence-corrected chi connectivity index (χ1v) is 6.34. The van der Waals surface area contributed by atoms with Crippen LogP contribution >= 0.6 is 0 Å². The fourth-order valence-corrected chi connectivity index (χ4v) is 2.96. The lowest BCUT2D eigenvalue weighted by atomic mass is 10.2. The highest BCUT2D eigenvalue weighted by Crippen LogP contribution is 2.15. The van der Waals surface area contributed by atoms with Gasteiger partial charge in [0.25, 0.3) is 0 Å². The Morgan fingerprint density at radius 2 is 1.64 bits per heavy atom. The molecular formula is C9H18O4S. The number of aliphatic carboxylic acids is 1. The summed E-state index contributed by atoms with van der Waals surface area (Å²) in [5.74, 6) is -2.16. The normalized spacial score (nSPS) is 16.6. The minimum atomic E-state index is -3.28. The molecule has 0 aliphatic carbocycles. The number of carbonyl (C=O) groups is 1. The molecule has 2 unspecified atom stereocenters. The third-order valence-corrected chi connectivity index (χ3v) is 5.05. The molecule has 0 aliphatic heterocycles. The van der Waals surface area contributed by atoms with Gasteiger partial charge in [-0.1, -0.05) is 20.8 Å². The van der Waals surface area contributed by atoms with E-state index in [1.165, 1.54) is 6.92 Å². The molecule has 0 aromatic carbocycles. The maximum absolute atomic E-state index is 11.6. The van der Waals surface area contributed by atoms with E-state index in [0.29, 0.717) is 0 Å². The maximum atomic E-state index is 11.6. The SMILES string of the molecule is CC(CS(=O)(=O)C(C)C(C)C)C(=O)O. The minimum Gasteiger partial charge on any atom is -0.481 e. The van der Waals surface area contributed by atoms with Crippen molar-refractivity contribution in [2.45, 2.75) is 32.9 Å². The van der Waals surface area contributed by atoms with Gasteiger partial charge in [0, 0.05) is 0 Å². The van der Waals surface area contributed by atoms with E-state index in [4.69, 9.17) is 5.11 Å². The Balaban J connectivity index is 4.58. The third-order valence-electron chi connectivity index (χ3n) is 2.41. The quantitative estimate of drug-likeness (QED) is 0.758. The van der Waals surface area contributed by atoms with Crippen molar-refractivity contribution in [3.05, 3.63) is 0 Å². The number of carboxylic acid groups (broad SMARTS) is 1. The van der Waals surface area contributed by atoms with Crippen molar-refractivity contribution in [1.29, 1.82) is 0 Å². The molecule has 0 bridgehead atoms. The molecule has 0 spiro atoms. The summed E-state index contributed by atoms with van der Waals surface area (Å²) in [4.78, 5) is 10.5. The van der Waals surface area contributed by atoms with Gasteiger partial charge in [-0.3, -0.25) is 4.79 Å². The summed E-state index contributed by atoms with van der Waals surface area (Å²) in [6.45, 7) is 6.66. The van der Waals surface area contributed by atoms with E-state index in [1.807, 2.05) is 13.8 Å². The Bertz CT molecular complexity index is 292. The Morgan fingerprint density at radius 1 is 1.21 bits per heavy atom. The summed E-state index contributed by atoms with van der Waals surface area (Å²) in [6, 6.07) is 0. The zero-order valence-corrected chi connectivity index (χ0v) is 9.84. The van der Waals surface area contributed by atoms with E-state index < -0.39 is 27.0 Å². The highest BCUT2D eigenvalue weighted by atomic mass is 32.2. The van der Waals surface area contributed by atoms with Crippen molar-refractivity contribution >= 4 is 15.8 Å². The van der Waals surface area contributed by atoms with E-state index in [2.05, 4.69) is 0 Å². The van der Waals surface area contributed by atoms with E-state index in [0.717, 1.165) is 0 Å². The van der Waals surface area contributed by atoms with Crippen LogP contribution < -0.4 is 0 Å². The summed E-state index contributed by atoms with van der Waals surface area (Å²) < 4.78 is 23.2. The first-order valence-electron chi connectivity index (χ1n) is 4.63. The lowest BCUT2D eigenvalue weighted by Gasteiger charge is -2.17. The van der Waals surface area contributed by atoms with Crippen LogP contribution in [0.5, 0.6) is 0 Å². The summed E-state index contributed by atoms with van der Waals surface area (Å²) in [7, 11) is -3.28. The molecule has 0 aromatic heterocycles. The van der Waals surface area contributed by atoms with Crippen LogP contribution in [-0.2, 0) is 14.6 Å². The highest BCUT2D eigenvalue weighted by Gasteiger charge is 2.28. The van der Waals surface area contributed by atoms with Crippen LogP contribution in [0, 0.1) is 11.8 Å². The van der Waals surface area contributed by atoms with Gasteiger partial charge in [0.2, 0.25) is 0 Å². The van der Waals surface area contributed by atoms with Gasteiger partial charge < -0.3 is 5.11 Å². The third kappa shape index (κ3) is 3.65. The molecule has 0 heterocycles. The van der Waals surface area contributed by atoms with Gasteiger partial charge in [-0.05, 0) is 12.8 Å². The topological polar surface area (TPSA) is 71.4 Å². The van der Waals surface area contributed by atoms with E-state index >= 15 is 0 Å². The molecule has 1 N–H and O–H groups in total. The largest absolute Gasteiger partial charge is 0.481 e. The lowest BCUT2D eigenvalue weighted by molar-refractivity contribution is -0.140. The second kappa shape index (κ2) is 4.77. The van der Waals surface area contributed by atoms with Crippen molar-refractivity contribution < 1.29 is 18.3 Å². The summed E-state index contributed by atoms with van der Waals surface area (Å²) in [5.41, 5.74) is 0. The van der Waals surface area contributed by atoms with Crippen LogP contribution in [-0.4, -0.2) is 30.5 Å². The molecule has 2 atom stereocenters. The smallest absolute Gasteiger partial charge is 0.307 e. The van der Waals surface area contributed by atoms with Gasteiger partial charge in [-0.25, -0.2) is 8.42 Å². The molecule has 0 saturated heterocycles. The van der Waals surface area contributed by atoms with Gasteiger partial charge in [0.15, 0.2) is 9.84 Å². The Hall–Kier alpha value is -0.580. The number of hydrogen-bond acceptors (Lipinski definition) is 3. The molecule has 4 nitrogen and oxygen atoms in total. The lowest BCUT2D eigenvalue weighted by Crippen LogP contribution is -2.31. The van der Waals surface area contributed by atoms with E-state index in [1.54, 1.807) is 6.92 Å². The molecule has 0 saturated carbocycles. The second-order valence-electron chi connectivity index (χ2n) is 4.02. The molecule has 0 aromatic rings. The van der Waals surface area contributed by atoms with Crippen molar-refractivity contribution in [3.8, 4) is 0 Å². The van der Waals surface area contributed by atoms with Gasteiger partial charge >= 0.3 is 5.97 Å². The van der Waals surface area contributed by atoms with Gasteiger partial charge in [0.05, 0.1) is 16.9 Å². The summed E-state index contributed by atoms with van der Waals surface area (Å²) >= 11 is 0. The Kier molecular flexibility index (Phi) is 4.58. The molecule has 5 heteroatoms. The van der Waals surface area contributed by atoms with Crippen LogP contribution in [0.1, 0.15) is 27.7 Å². The Morgan fingerprint density at radius 3 is 1.93 bits per heavy atom. The van der Waals surface area contributed by atoms with Crippen LogP contribution in [0.15, 0.2) is 0 Å². The molecule has 14 heavy (non-hydrogen) atoms. The van der Waals surface area contributed by atoms with Crippen LogP contribution in [0.25, 0.3) is 0 Å². The molecule has 0 rings (SSSR count). The Labute approximate surface area is 85.2 Å². The highest BCUT2D eigenvalue weighted by molar-refractivity contribution is 7.92. The molecule has 84 valence electrons. The summed E-state index contributed by atoms with van der Waals surface area (Å²) in [6.07, 6.45) is 0. The van der Waals surface area contributed by atoms with Crippen LogP contribution in [0.4, 0.5) is 0 Å².